The van der Waals surface area contributed by atoms with Gasteiger partial charge in [-0.05, 0) is 54.8 Å². The number of carbonyl (C=O) groups excluding carboxylic acids is 2. The van der Waals surface area contributed by atoms with Crippen molar-refractivity contribution in [3.8, 4) is 17.2 Å². The second kappa shape index (κ2) is 10.6. The zero-order valence-corrected chi connectivity index (χ0v) is 23.0. The van der Waals surface area contributed by atoms with Crippen LogP contribution in [0.25, 0.3) is 22.4 Å². The Hall–Kier alpha value is -3.95. The van der Waals surface area contributed by atoms with Crippen LogP contribution in [0.15, 0.2) is 52.9 Å². The minimum Gasteiger partial charge on any atom is -0.506 e. The first-order valence-corrected chi connectivity index (χ1v) is 13.2. The van der Waals surface area contributed by atoms with Gasteiger partial charge in [0, 0.05) is 36.1 Å². The number of likely N-dealkylation sites (tertiary alicyclic amines) is 1. The topological polar surface area (TPSA) is 135 Å². The van der Waals surface area contributed by atoms with E-state index in [1.54, 1.807) is 36.1 Å². The van der Waals surface area contributed by atoms with Crippen molar-refractivity contribution in [2.24, 2.45) is 11.7 Å². The molecule has 0 saturated carbocycles. The van der Waals surface area contributed by atoms with Gasteiger partial charge in [-0.2, -0.15) is 8.78 Å². The maximum atomic E-state index is 13.8. The Morgan fingerprint density at radius 2 is 1.88 bits per heavy atom. The molecule has 9 nitrogen and oxygen atoms in total. The number of pyridine rings is 1. The lowest BCUT2D eigenvalue weighted by Crippen LogP contribution is -2.48. The van der Waals surface area contributed by atoms with E-state index in [2.05, 4.69) is 22.2 Å². The molecule has 2 aromatic heterocycles. The van der Waals surface area contributed by atoms with Gasteiger partial charge in [-0.1, -0.05) is 28.3 Å². The summed E-state index contributed by atoms with van der Waals surface area (Å²) in [7, 11) is 1.41. The molecule has 1 unspecified atom stereocenters. The Morgan fingerprint density at radius 3 is 2.50 bits per heavy atom. The molecule has 4 aromatic rings. The number of aromatic hydroxyl groups is 1. The number of oxazole rings is 1. The zero-order valence-electron chi connectivity index (χ0n) is 21.8. The van der Waals surface area contributed by atoms with E-state index in [-0.39, 0.29) is 41.1 Å². The molecule has 5 rings (SSSR count). The molecule has 1 aliphatic heterocycles. The second-order valence-electron chi connectivity index (χ2n) is 10.1. The minimum absolute atomic E-state index is 0.0131. The molecule has 2 aromatic carbocycles. The van der Waals surface area contributed by atoms with Crippen LogP contribution in [-0.4, -0.2) is 44.9 Å². The van der Waals surface area contributed by atoms with Crippen LogP contribution in [0.2, 0.25) is 0 Å². The maximum Gasteiger partial charge on any atom is 0.300 e. The summed E-state index contributed by atoms with van der Waals surface area (Å²) < 4.78 is 33.5. The zero-order chi connectivity index (χ0) is 28.8. The third-order valence-corrected chi connectivity index (χ3v) is 6.99. The highest BCUT2D eigenvalue weighted by Gasteiger charge is 2.29. The molecule has 12 heteroatoms. The fourth-order valence-electron chi connectivity index (χ4n) is 4.57. The Kier molecular flexibility index (Phi) is 7.29. The lowest BCUT2D eigenvalue weighted by atomic mass is 10.0. The number of aromatic nitrogens is 2. The molecule has 0 aliphatic carbocycles. The van der Waals surface area contributed by atoms with Crippen molar-refractivity contribution in [3.63, 3.8) is 0 Å². The van der Waals surface area contributed by atoms with Crippen LogP contribution in [0.1, 0.15) is 57.8 Å². The number of phenols is 1. The van der Waals surface area contributed by atoms with Gasteiger partial charge in [0.05, 0.1) is 6.04 Å². The van der Waals surface area contributed by atoms with Crippen molar-refractivity contribution in [1.82, 2.24) is 20.2 Å². The van der Waals surface area contributed by atoms with Gasteiger partial charge in [-0.25, -0.2) is 9.97 Å². The average molecular weight is 568 g/mol. The molecule has 0 radical (unpaired) electrons. The Balaban J connectivity index is 1.37. The van der Waals surface area contributed by atoms with Crippen LogP contribution in [0.5, 0.6) is 5.75 Å². The number of hydrogen-bond donors (Lipinski definition) is 3. The predicted octanol–water partition coefficient (Wildman–Crippen LogP) is 4.56. The van der Waals surface area contributed by atoms with Crippen LogP contribution in [-0.2, 0) is 12.2 Å². The van der Waals surface area contributed by atoms with Crippen LogP contribution < -0.4 is 11.1 Å². The van der Waals surface area contributed by atoms with Crippen molar-refractivity contribution in [1.29, 1.82) is 0 Å². The molecule has 0 spiro atoms. The summed E-state index contributed by atoms with van der Waals surface area (Å²) >= 11 is 0. The molecule has 2 atom stereocenters. The van der Waals surface area contributed by atoms with Crippen LogP contribution >= 0.6 is 9.24 Å². The Bertz CT molecular complexity index is 1600. The monoisotopic (exact) mass is 567 g/mol. The highest BCUT2D eigenvalue weighted by Crippen LogP contribution is 2.38. The summed E-state index contributed by atoms with van der Waals surface area (Å²) in [6.45, 7) is 5.42. The summed E-state index contributed by atoms with van der Waals surface area (Å²) in [5.41, 5.74) is 3.88. The first-order valence-electron chi connectivity index (χ1n) is 12.7. The summed E-state index contributed by atoms with van der Waals surface area (Å²) in [5.74, 6) is -0.151. The fourth-order valence-corrected chi connectivity index (χ4v) is 4.73. The van der Waals surface area contributed by atoms with Crippen molar-refractivity contribution in [3.05, 3.63) is 76.8 Å². The van der Waals surface area contributed by atoms with E-state index >= 15 is 0 Å². The van der Waals surface area contributed by atoms with Crippen molar-refractivity contribution < 1.29 is 27.9 Å². The molecule has 1 fully saturated rings. The largest absolute Gasteiger partial charge is 0.506 e. The molecule has 4 N–H and O–H groups in total. The third kappa shape index (κ3) is 5.39. The number of nitrogens with one attached hydrogen (secondary N) is 1. The molecule has 2 amide bonds. The number of nitrogens with two attached hydrogens (primary N) is 1. The smallest absolute Gasteiger partial charge is 0.300 e. The standard InChI is InChI=1S/C28H28F2N5O4P/c1-14-12-35(13-14)27(38)17-5-3-16(4-6-17)11-32-25(37)23-24(15(2)31)39-26(34-23)19-7-9-20(36)22-18(19)8-10-21(33-22)28(29,30)40/h3-10,14-15,36H,11-13,31,40H2,1-2H3,(H,32,37)/t15-/m0/s1. The molecule has 208 valence electrons. The first-order chi connectivity index (χ1) is 18.9. The maximum absolute atomic E-state index is 13.8. The lowest BCUT2D eigenvalue weighted by Gasteiger charge is -2.37. The van der Waals surface area contributed by atoms with Gasteiger partial charge < -0.3 is 25.5 Å². The number of carbonyl (C=O) groups is 2. The lowest BCUT2D eigenvalue weighted by molar-refractivity contribution is 0.0530. The van der Waals surface area contributed by atoms with Crippen LogP contribution in [0.3, 0.4) is 0 Å². The van der Waals surface area contributed by atoms with Crippen molar-refractivity contribution in [2.75, 3.05) is 13.1 Å². The molecule has 3 heterocycles. The molecule has 40 heavy (non-hydrogen) atoms. The van der Waals surface area contributed by atoms with E-state index in [1.807, 2.05) is 0 Å². The van der Waals surface area contributed by atoms with Crippen molar-refractivity contribution >= 4 is 32.0 Å². The van der Waals surface area contributed by atoms with Gasteiger partial charge in [0.1, 0.15) is 17.0 Å². The van der Waals surface area contributed by atoms with E-state index in [1.165, 1.54) is 27.4 Å². The molecule has 0 bridgehead atoms. The van der Waals surface area contributed by atoms with E-state index in [4.69, 9.17) is 10.2 Å². The number of alkyl halides is 2. The number of nitrogens with zero attached hydrogens (tertiary/aromatic N) is 3. The summed E-state index contributed by atoms with van der Waals surface area (Å²) in [6, 6.07) is 11.7. The number of halogens is 2. The quantitative estimate of drug-likeness (QED) is 0.279. The van der Waals surface area contributed by atoms with E-state index in [9.17, 15) is 23.5 Å². The Morgan fingerprint density at radius 1 is 1.18 bits per heavy atom. The van der Waals surface area contributed by atoms with Gasteiger partial charge >= 0.3 is 0 Å². The number of hydrogen-bond acceptors (Lipinski definition) is 7. The summed E-state index contributed by atoms with van der Waals surface area (Å²) in [4.78, 5) is 35.7. The second-order valence-corrected chi connectivity index (χ2v) is 10.8. The van der Waals surface area contributed by atoms with E-state index < -0.39 is 23.3 Å². The van der Waals surface area contributed by atoms with Gasteiger partial charge in [-0.15, -0.1) is 0 Å². The first kappa shape index (κ1) is 27.6. The van der Waals surface area contributed by atoms with Crippen molar-refractivity contribution in [2.45, 2.75) is 32.1 Å². The van der Waals surface area contributed by atoms with Crippen LogP contribution in [0.4, 0.5) is 8.78 Å². The van der Waals surface area contributed by atoms with E-state index in [0.717, 1.165) is 24.7 Å². The molecule has 1 saturated heterocycles. The third-order valence-electron chi connectivity index (χ3n) is 6.70. The van der Waals surface area contributed by atoms with Gasteiger partial charge in [0.15, 0.2) is 11.5 Å². The molecule has 1 aliphatic rings. The number of amides is 2. The summed E-state index contributed by atoms with van der Waals surface area (Å²) in [6.07, 6.45) is 0. The van der Waals surface area contributed by atoms with Crippen LogP contribution in [0, 0.1) is 5.92 Å². The molecular weight excluding hydrogens is 539 g/mol. The number of fused-ring (bicyclic) bond motifs is 1. The number of rotatable bonds is 7. The summed E-state index contributed by atoms with van der Waals surface area (Å²) in [5, 5.41) is 13.4. The average Bonchev–Trinajstić information content (AvgIpc) is 3.35. The highest BCUT2D eigenvalue weighted by atomic mass is 31.0. The highest BCUT2D eigenvalue weighted by molar-refractivity contribution is 7.17. The predicted molar refractivity (Wildman–Crippen MR) is 148 cm³/mol. The number of phenolic OH excluding ortho intramolecular Hbond substituents is 1. The fraction of sp³-hybridized carbons (Fsp3) is 0.286. The van der Waals surface area contributed by atoms with Gasteiger partial charge in [0.2, 0.25) is 5.89 Å². The van der Waals surface area contributed by atoms with Gasteiger partial charge in [0.25, 0.3) is 17.5 Å². The SMILES string of the molecule is CC1CN(C(=O)c2ccc(CNC(=O)c3nc(-c4ccc(O)c5nc(C(F)(F)P)ccc45)oc3[C@H](C)N)cc2)C1. The van der Waals surface area contributed by atoms with Gasteiger partial charge in [-0.3, -0.25) is 9.59 Å². The Labute approximate surface area is 231 Å². The number of benzene rings is 2. The van der Waals surface area contributed by atoms with E-state index in [0.29, 0.717) is 22.4 Å². The normalized spacial score (nSPS) is 14.7. The minimum atomic E-state index is -3.28. The molecular formula is C28H28F2N5O4P.